The van der Waals surface area contributed by atoms with Crippen molar-refractivity contribution in [2.45, 2.75) is 44.2 Å². The number of nitrogens with one attached hydrogen (secondary N) is 1. The first-order valence-corrected chi connectivity index (χ1v) is 8.77. The Hall–Kier alpha value is -1.18. The molecule has 1 aromatic heterocycles. The lowest BCUT2D eigenvalue weighted by atomic mass is 10.2. The van der Waals surface area contributed by atoms with Crippen molar-refractivity contribution in [1.29, 1.82) is 0 Å². The average Bonchev–Trinajstić information content (AvgIpc) is 2.48. The Morgan fingerprint density at radius 3 is 2.90 bits per heavy atom. The van der Waals surface area contributed by atoms with E-state index in [1.807, 2.05) is 20.8 Å². The molecule has 1 aliphatic heterocycles. The van der Waals surface area contributed by atoms with Crippen LogP contribution in [0.4, 0.5) is 5.82 Å². The smallest absolute Gasteiger partial charge is 0.247 e. The number of nitrogens with zero attached hydrogens (tertiary/aromatic N) is 2. The van der Waals surface area contributed by atoms with Gasteiger partial charge in [0, 0.05) is 25.3 Å². The molecule has 1 saturated heterocycles. The van der Waals surface area contributed by atoms with E-state index in [4.69, 9.17) is 4.74 Å². The molecular formula is C14H23N3O3S. The SMILES string of the molecule is CCNc1ncccc1S(=O)(=O)N1CC(C)OCC1CC. The number of hydrogen-bond acceptors (Lipinski definition) is 5. The highest BCUT2D eigenvalue weighted by molar-refractivity contribution is 7.89. The molecule has 1 N–H and O–H groups in total. The molecule has 0 aromatic carbocycles. The number of pyridine rings is 1. The summed E-state index contributed by atoms with van der Waals surface area (Å²) in [7, 11) is -3.58. The van der Waals surface area contributed by atoms with E-state index in [1.54, 1.807) is 22.6 Å². The molecule has 2 unspecified atom stereocenters. The van der Waals surface area contributed by atoms with Crippen LogP contribution in [0.2, 0.25) is 0 Å². The molecule has 2 heterocycles. The average molecular weight is 313 g/mol. The molecule has 0 bridgehead atoms. The molecule has 0 amide bonds. The maximum Gasteiger partial charge on any atom is 0.247 e. The fourth-order valence-corrected chi connectivity index (χ4v) is 4.34. The van der Waals surface area contributed by atoms with E-state index >= 15 is 0 Å². The Kier molecular flexibility index (Phi) is 5.18. The largest absolute Gasteiger partial charge is 0.375 e. The van der Waals surface area contributed by atoms with E-state index < -0.39 is 10.0 Å². The van der Waals surface area contributed by atoms with Crippen molar-refractivity contribution < 1.29 is 13.2 Å². The van der Waals surface area contributed by atoms with Gasteiger partial charge in [-0.1, -0.05) is 6.92 Å². The van der Waals surface area contributed by atoms with Crippen molar-refractivity contribution in [2.24, 2.45) is 0 Å². The van der Waals surface area contributed by atoms with Gasteiger partial charge in [0.15, 0.2) is 0 Å². The van der Waals surface area contributed by atoms with Crippen LogP contribution in [-0.2, 0) is 14.8 Å². The van der Waals surface area contributed by atoms with E-state index in [9.17, 15) is 8.42 Å². The summed E-state index contributed by atoms with van der Waals surface area (Å²) >= 11 is 0. The third-order valence-electron chi connectivity index (χ3n) is 3.59. The lowest BCUT2D eigenvalue weighted by Gasteiger charge is -2.37. The van der Waals surface area contributed by atoms with Gasteiger partial charge in [0.05, 0.1) is 12.7 Å². The zero-order chi connectivity index (χ0) is 15.5. The van der Waals surface area contributed by atoms with Gasteiger partial charge < -0.3 is 10.1 Å². The molecule has 21 heavy (non-hydrogen) atoms. The summed E-state index contributed by atoms with van der Waals surface area (Å²) in [5.74, 6) is 0.411. The summed E-state index contributed by atoms with van der Waals surface area (Å²) in [5, 5.41) is 3.02. The molecule has 1 aliphatic rings. The summed E-state index contributed by atoms with van der Waals surface area (Å²) in [4.78, 5) is 4.39. The Bertz CT molecular complexity index is 577. The maximum atomic E-state index is 13.0. The molecule has 0 aliphatic carbocycles. The topological polar surface area (TPSA) is 71.5 Å². The second kappa shape index (κ2) is 6.72. The number of morpholine rings is 1. The van der Waals surface area contributed by atoms with Crippen molar-refractivity contribution in [2.75, 3.05) is 25.0 Å². The Morgan fingerprint density at radius 2 is 2.24 bits per heavy atom. The third kappa shape index (κ3) is 3.36. The van der Waals surface area contributed by atoms with Gasteiger partial charge in [-0.05, 0) is 32.4 Å². The van der Waals surface area contributed by atoms with Crippen molar-refractivity contribution in [1.82, 2.24) is 9.29 Å². The van der Waals surface area contributed by atoms with Crippen LogP contribution < -0.4 is 5.32 Å². The van der Waals surface area contributed by atoms with Crippen molar-refractivity contribution in [3.63, 3.8) is 0 Å². The second-order valence-corrected chi connectivity index (χ2v) is 7.02. The normalized spacial score (nSPS) is 24.0. The quantitative estimate of drug-likeness (QED) is 0.896. The zero-order valence-corrected chi connectivity index (χ0v) is 13.6. The van der Waals surface area contributed by atoms with Gasteiger partial charge in [-0.2, -0.15) is 4.31 Å². The minimum atomic E-state index is -3.58. The van der Waals surface area contributed by atoms with E-state index in [1.165, 1.54) is 0 Å². The summed E-state index contributed by atoms with van der Waals surface area (Å²) in [5.41, 5.74) is 0. The van der Waals surface area contributed by atoms with Crippen LogP contribution in [-0.4, -0.2) is 49.5 Å². The predicted octanol–water partition coefficient (Wildman–Crippen LogP) is 1.70. The Morgan fingerprint density at radius 1 is 1.48 bits per heavy atom. The standard InChI is InChI=1S/C14H23N3O3S/c1-4-12-10-20-11(3)9-17(12)21(18,19)13-7-6-8-16-14(13)15-5-2/h6-8,11-12H,4-5,9-10H2,1-3H3,(H,15,16). The fraction of sp³-hybridized carbons (Fsp3) is 0.643. The number of hydrogen-bond donors (Lipinski definition) is 1. The van der Waals surface area contributed by atoms with Gasteiger partial charge in [0.1, 0.15) is 10.7 Å². The van der Waals surface area contributed by atoms with Gasteiger partial charge in [-0.15, -0.1) is 0 Å². The minimum Gasteiger partial charge on any atom is -0.375 e. The number of sulfonamides is 1. The van der Waals surface area contributed by atoms with Crippen molar-refractivity contribution in [3.05, 3.63) is 18.3 Å². The molecular weight excluding hydrogens is 290 g/mol. The van der Waals surface area contributed by atoms with Crippen LogP contribution in [0.1, 0.15) is 27.2 Å². The van der Waals surface area contributed by atoms with Gasteiger partial charge in [-0.25, -0.2) is 13.4 Å². The van der Waals surface area contributed by atoms with Crippen molar-refractivity contribution in [3.8, 4) is 0 Å². The summed E-state index contributed by atoms with van der Waals surface area (Å²) in [6, 6.07) is 3.13. The molecule has 2 atom stereocenters. The number of anilines is 1. The van der Waals surface area contributed by atoms with Gasteiger partial charge in [0.2, 0.25) is 10.0 Å². The number of aromatic nitrogens is 1. The molecule has 0 spiro atoms. The van der Waals surface area contributed by atoms with E-state index in [2.05, 4.69) is 10.3 Å². The molecule has 118 valence electrons. The highest BCUT2D eigenvalue weighted by atomic mass is 32.2. The zero-order valence-electron chi connectivity index (χ0n) is 12.7. The van der Waals surface area contributed by atoms with E-state index in [-0.39, 0.29) is 17.0 Å². The first-order chi connectivity index (χ1) is 10.0. The first kappa shape index (κ1) is 16.2. The summed E-state index contributed by atoms with van der Waals surface area (Å²) in [6.45, 7) is 7.21. The fourth-order valence-electron chi connectivity index (χ4n) is 2.45. The Balaban J connectivity index is 2.40. The van der Waals surface area contributed by atoms with Crippen LogP contribution in [0, 0.1) is 0 Å². The molecule has 7 heteroatoms. The van der Waals surface area contributed by atoms with Crippen LogP contribution >= 0.6 is 0 Å². The summed E-state index contributed by atoms with van der Waals surface area (Å²) < 4.78 is 33.1. The van der Waals surface area contributed by atoms with Gasteiger partial charge in [-0.3, -0.25) is 0 Å². The summed E-state index contributed by atoms with van der Waals surface area (Å²) in [6.07, 6.45) is 2.22. The van der Waals surface area contributed by atoms with Gasteiger partial charge in [0.25, 0.3) is 0 Å². The molecule has 0 radical (unpaired) electrons. The van der Waals surface area contributed by atoms with Crippen molar-refractivity contribution >= 4 is 15.8 Å². The van der Waals surface area contributed by atoms with E-state index in [0.717, 1.165) is 6.42 Å². The molecule has 1 fully saturated rings. The first-order valence-electron chi connectivity index (χ1n) is 7.33. The van der Waals surface area contributed by atoms with Crippen LogP contribution in [0.3, 0.4) is 0 Å². The van der Waals surface area contributed by atoms with Crippen LogP contribution in [0.25, 0.3) is 0 Å². The minimum absolute atomic E-state index is 0.0955. The number of ether oxygens (including phenoxy) is 1. The number of rotatable bonds is 5. The van der Waals surface area contributed by atoms with E-state index in [0.29, 0.717) is 25.5 Å². The predicted molar refractivity (Wildman–Crippen MR) is 81.8 cm³/mol. The van der Waals surface area contributed by atoms with Gasteiger partial charge >= 0.3 is 0 Å². The Labute approximate surface area is 126 Å². The van der Waals surface area contributed by atoms with Crippen LogP contribution in [0.15, 0.2) is 23.2 Å². The van der Waals surface area contributed by atoms with Crippen LogP contribution in [0.5, 0.6) is 0 Å². The molecule has 2 rings (SSSR count). The highest BCUT2D eigenvalue weighted by Crippen LogP contribution is 2.27. The molecule has 0 saturated carbocycles. The maximum absolute atomic E-state index is 13.0. The lowest BCUT2D eigenvalue weighted by Crippen LogP contribution is -2.51. The highest BCUT2D eigenvalue weighted by Gasteiger charge is 2.36. The third-order valence-corrected chi connectivity index (χ3v) is 5.54. The molecule has 6 nitrogen and oxygen atoms in total. The second-order valence-electron chi connectivity index (χ2n) is 5.16. The lowest BCUT2D eigenvalue weighted by molar-refractivity contribution is -0.0230. The molecule has 1 aromatic rings. The monoisotopic (exact) mass is 313 g/mol.